The van der Waals surface area contributed by atoms with Crippen molar-refractivity contribution in [2.45, 2.75) is 6.54 Å². The summed E-state index contributed by atoms with van der Waals surface area (Å²) in [5.74, 6) is -1.21. The molecule has 0 atom stereocenters. The van der Waals surface area contributed by atoms with E-state index in [9.17, 15) is 9.59 Å². The summed E-state index contributed by atoms with van der Waals surface area (Å²) >= 11 is 1.24. The molecule has 6 heteroatoms. The molecule has 2 N–H and O–H groups in total. The van der Waals surface area contributed by atoms with Gasteiger partial charge in [0.05, 0.1) is 17.1 Å². The molecule has 1 amide bonds. The van der Waals surface area contributed by atoms with Crippen LogP contribution in [-0.2, 0) is 11.3 Å². The SMILES string of the molecule is O=C(O)C=Cc1ccc(C(=O)NCc2ccccn2)s1. The van der Waals surface area contributed by atoms with Crippen molar-refractivity contribution < 1.29 is 14.7 Å². The molecule has 0 unspecified atom stereocenters. The first kappa shape index (κ1) is 14.0. The van der Waals surface area contributed by atoms with Gasteiger partial charge in [-0.05, 0) is 30.3 Å². The summed E-state index contributed by atoms with van der Waals surface area (Å²) in [6, 6.07) is 8.87. The number of aromatic nitrogens is 1. The molecule has 0 bridgehead atoms. The molecule has 0 fully saturated rings. The van der Waals surface area contributed by atoms with E-state index in [0.29, 0.717) is 11.4 Å². The number of nitrogens with one attached hydrogen (secondary N) is 1. The van der Waals surface area contributed by atoms with E-state index in [4.69, 9.17) is 5.11 Å². The van der Waals surface area contributed by atoms with Crippen molar-refractivity contribution >= 4 is 29.3 Å². The van der Waals surface area contributed by atoms with Crippen molar-refractivity contribution in [2.24, 2.45) is 0 Å². The van der Waals surface area contributed by atoms with Gasteiger partial charge in [0.1, 0.15) is 0 Å². The van der Waals surface area contributed by atoms with Crippen molar-refractivity contribution in [1.29, 1.82) is 0 Å². The lowest BCUT2D eigenvalue weighted by Gasteiger charge is -2.02. The van der Waals surface area contributed by atoms with Crippen LogP contribution in [0.15, 0.2) is 42.6 Å². The fraction of sp³-hybridized carbons (Fsp3) is 0.0714. The maximum Gasteiger partial charge on any atom is 0.328 e. The second kappa shape index (κ2) is 6.63. The topological polar surface area (TPSA) is 79.3 Å². The first-order chi connectivity index (χ1) is 9.65. The van der Waals surface area contributed by atoms with Crippen LogP contribution in [0.1, 0.15) is 20.2 Å². The second-order valence-electron chi connectivity index (χ2n) is 3.88. The monoisotopic (exact) mass is 288 g/mol. The van der Waals surface area contributed by atoms with Crippen LogP contribution in [0.25, 0.3) is 6.08 Å². The number of hydrogen-bond acceptors (Lipinski definition) is 4. The fourth-order valence-electron chi connectivity index (χ4n) is 1.48. The summed E-state index contributed by atoms with van der Waals surface area (Å²) in [5.41, 5.74) is 0.781. The maximum atomic E-state index is 11.9. The summed E-state index contributed by atoms with van der Waals surface area (Å²) in [6.07, 6.45) is 4.17. The van der Waals surface area contributed by atoms with Crippen LogP contribution in [0.4, 0.5) is 0 Å². The van der Waals surface area contributed by atoms with Crippen molar-refractivity contribution in [2.75, 3.05) is 0 Å². The molecule has 2 aromatic rings. The number of carbonyl (C=O) groups excluding carboxylic acids is 1. The molecule has 0 radical (unpaired) electrons. The third-order valence-electron chi connectivity index (χ3n) is 2.40. The van der Waals surface area contributed by atoms with Gasteiger partial charge in [-0.2, -0.15) is 0 Å². The van der Waals surface area contributed by atoms with E-state index in [2.05, 4.69) is 10.3 Å². The third-order valence-corrected chi connectivity index (χ3v) is 3.45. The summed E-state index contributed by atoms with van der Waals surface area (Å²) in [6.45, 7) is 0.359. The van der Waals surface area contributed by atoms with Gasteiger partial charge in [0.2, 0.25) is 0 Å². The van der Waals surface area contributed by atoms with E-state index in [1.165, 1.54) is 17.4 Å². The van der Waals surface area contributed by atoms with Gasteiger partial charge >= 0.3 is 5.97 Å². The smallest absolute Gasteiger partial charge is 0.328 e. The summed E-state index contributed by atoms with van der Waals surface area (Å²) in [4.78, 5) is 27.7. The van der Waals surface area contributed by atoms with Gasteiger partial charge < -0.3 is 10.4 Å². The minimum atomic E-state index is -1.01. The van der Waals surface area contributed by atoms with E-state index in [1.807, 2.05) is 18.2 Å². The number of carboxylic acids is 1. The van der Waals surface area contributed by atoms with Crippen LogP contribution in [0, 0.1) is 0 Å². The van der Waals surface area contributed by atoms with Crippen LogP contribution in [0.3, 0.4) is 0 Å². The standard InChI is InChI=1S/C14H12N2O3S/c17-13(18)7-5-11-4-6-12(20-11)14(19)16-9-10-3-1-2-8-15-10/h1-8H,9H2,(H,16,19)(H,17,18). The molecule has 5 nitrogen and oxygen atoms in total. The van der Waals surface area contributed by atoms with Gasteiger partial charge in [0.25, 0.3) is 5.91 Å². The maximum absolute atomic E-state index is 11.9. The Balaban J connectivity index is 1.94. The molecule has 2 rings (SSSR count). The molecule has 2 heterocycles. The molecule has 0 aromatic carbocycles. The number of amides is 1. The number of pyridine rings is 1. The van der Waals surface area contributed by atoms with Crippen LogP contribution >= 0.6 is 11.3 Å². The highest BCUT2D eigenvalue weighted by atomic mass is 32.1. The molecule has 0 aliphatic rings. The van der Waals surface area contributed by atoms with Crippen molar-refractivity contribution in [1.82, 2.24) is 10.3 Å². The number of thiophene rings is 1. The number of rotatable bonds is 5. The van der Waals surface area contributed by atoms with Crippen molar-refractivity contribution in [3.8, 4) is 0 Å². The van der Waals surface area contributed by atoms with E-state index >= 15 is 0 Å². The quantitative estimate of drug-likeness (QED) is 0.826. The molecule has 0 spiro atoms. The zero-order valence-corrected chi connectivity index (χ0v) is 11.3. The number of carbonyl (C=O) groups is 2. The van der Waals surface area contributed by atoms with E-state index in [1.54, 1.807) is 18.3 Å². The van der Waals surface area contributed by atoms with Crippen LogP contribution in [-0.4, -0.2) is 22.0 Å². The van der Waals surface area contributed by atoms with Crippen LogP contribution in [0.2, 0.25) is 0 Å². The summed E-state index contributed by atoms with van der Waals surface area (Å²) in [7, 11) is 0. The lowest BCUT2D eigenvalue weighted by atomic mass is 10.3. The van der Waals surface area contributed by atoms with E-state index in [-0.39, 0.29) is 5.91 Å². The lowest BCUT2D eigenvalue weighted by molar-refractivity contribution is -0.131. The highest BCUT2D eigenvalue weighted by Gasteiger charge is 2.08. The molecular weight excluding hydrogens is 276 g/mol. The van der Waals surface area contributed by atoms with Gasteiger partial charge in [-0.3, -0.25) is 9.78 Å². The molecule has 0 saturated heterocycles. The zero-order chi connectivity index (χ0) is 14.4. The third kappa shape index (κ3) is 4.03. The summed E-state index contributed by atoms with van der Waals surface area (Å²) in [5, 5.41) is 11.3. The molecule has 2 aromatic heterocycles. The largest absolute Gasteiger partial charge is 0.478 e. The van der Waals surface area contributed by atoms with Crippen molar-refractivity contribution in [3.05, 3.63) is 58.1 Å². The first-order valence-corrected chi connectivity index (χ1v) is 6.66. The van der Waals surface area contributed by atoms with E-state index in [0.717, 1.165) is 16.6 Å². The Hall–Kier alpha value is -2.47. The minimum Gasteiger partial charge on any atom is -0.478 e. The number of nitrogens with zero attached hydrogens (tertiary/aromatic N) is 1. The Bertz CT molecular complexity index is 635. The van der Waals surface area contributed by atoms with Gasteiger partial charge in [-0.15, -0.1) is 11.3 Å². The molecule has 0 aliphatic carbocycles. The molecular formula is C14H12N2O3S. The van der Waals surface area contributed by atoms with Crippen molar-refractivity contribution in [3.63, 3.8) is 0 Å². The second-order valence-corrected chi connectivity index (χ2v) is 4.99. The molecule has 20 heavy (non-hydrogen) atoms. The predicted octanol–water partition coefficient (Wildman–Crippen LogP) is 2.17. The number of hydrogen-bond donors (Lipinski definition) is 2. The Kier molecular flexibility index (Phi) is 4.62. The van der Waals surface area contributed by atoms with E-state index < -0.39 is 5.97 Å². The highest BCUT2D eigenvalue weighted by molar-refractivity contribution is 7.14. The van der Waals surface area contributed by atoms with Gasteiger partial charge in [-0.1, -0.05) is 6.07 Å². The van der Waals surface area contributed by atoms with Crippen LogP contribution in [0.5, 0.6) is 0 Å². The molecule has 0 aliphatic heterocycles. The normalized spacial score (nSPS) is 10.6. The van der Waals surface area contributed by atoms with Gasteiger partial charge in [0.15, 0.2) is 0 Å². The Morgan fingerprint density at radius 1 is 1.30 bits per heavy atom. The average Bonchev–Trinajstić information content (AvgIpc) is 2.92. The number of aliphatic carboxylic acids is 1. The van der Waals surface area contributed by atoms with Crippen LogP contribution < -0.4 is 5.32 Å². The first-order valence-electron chi connectivity index (χ1n) is 5.84. The summed E-state index contributed by atoms with van der Waals surface area (Å²) < 4.78 is 0. The fourth-order valence-corrected chi connectivity index (χ4v) is 2.31. The van der Waals surface area contributed by atoms with Gasteiger partial charge in [0, 0.05) is 17.2 Å². The van der Waals surface area contributed by atoms with Gasteiger partial charge in [-0.25, -0.2) is 4.79 Å². The molecule has 0 saturated carbocycles. The predicted molar refractivity (Wildman–Crippen MR) is 76.4 cm³/mol. The minimum absolute atomic E-state index is 0.198. The Morgan fingerprint density at radius 2 is 2.15 bits per heavy atom. The number of carboxylic acid groups (broad SMARTS) is 1. The Labute approximate surface area is 119 Å². The highest BCUT2D eigenvalue weighted by Crippen LogP contribution is 2.17. The molecule has 102 valence electrons. The average molecular weight is 288 g/mol. The Morgan fingerprint density at radius 3 is 2.85 bits per heavy atom. The zero-order valence-electron chi connectivity index (χ0n) is 10.4. The lowest BCUT2D eigenvalue weighted by Crippen LogP contribution is -2.22.